The first-order valence-electron chi connectivity index (χ1n) is 9.98. The fourth-order valence-electron chi connectivity index (χ4n) is 3.14. The van der Waals surface area contributed by atoms with E-state index in [9.17, 15) is 9.59 Å². The number of aryl methyl sites for hydroxylation is 1. The van der Waals surface area contributed by atoms with E-state index in [0.717, 1.165) is 21.2 Å². The zero-order valence-corrected chi connectivity index (χ0v) is 19.3. The molecule has 4 rings (SSSR count). The first-order valence-corrected chi connectivity index (χ1v) is 11.8. The smallest absolute Gasteiger partial charge is 0.338 e. The molecule has 2 heterocycles. The van der Waals surface area contributed by atoms with Gasteiger partial charge in [0.2, 0.25) is 6.79 Å². The first kappa shape index (κ1) is 22.2. The molecule has 0 fully saturated rings. The highest BCUT2D eigenvalue weighted by Crippen LogP contribution is 2.34. The Balaban J connectivity index is 1.31. The number of hydrogen-bond donors (Lipinski definition) is 1. The third-order valence-corrected chi connectivity index (χ3v) is 6.98. The number of thioether (sulfide) groups is 1. The number of nitrogens with one attached hydrogen (secondary N) is 1. The van der Waals surface area contributed by atoms with Crippen molar-refractivity contribution < 1.29 is 23.8 Å². The van der Waals surface area contributed by atoms with Gasteiger partial charge in [-0.2, -0.15) is 0 Å². The summed E-state index contributed by atoms with van der Waals surface area (Å²) in [6, 6.07) is 12.5. The number of amides is 1. The summed E-state index contributed by atoms with van der Waals surface area (Å²) in [6.45, 7) is 3.63. The van der Waals surface area contributed by atoms with Crippen LogP contribution < -0.4 is 14.8 Å². The zero-order chi connectivity index (χ0) is 22.5. The van der Waals surface area contributed by atoms with Crippen LogP contribution in [0.5, 0.6) is 11.5 Å². The SMILES string of the molecule is Cc1csc(SCc2ccccc2C(=O)OCC(=O)NC(C)c2ccc3c(c2)OCO3)n1. The summed E-state index contributed by atoms with van der Waals surface area (Å²) < 4.78 is 16.9. The molecule has 0 spiro atoms. The van der Waals surface area contributed by atoms with E-state index in [1.54, 1.807) is 35.2 Å². The molecule has 0 aliphatic carbocycles. The number of rotatable bonds is 8. The van der Waals surface area contributed by atoms with E-state index in [4.69, 9.17) is 14.2 Å². The summed E-state index contributed by atoms with van der Waals surface area (Å²) in [7, 11) is 0. The lowest BCUT2D eigenvalue weighted by Gasteiger charge is -2.15. The summed E-state index contributed by atoms with van der Waals surface area (Å²) >= 11 is 3.14. The Bertz CT molecular complexity index is 1130. The summed E-state index contributed by atoms with van der Waals surface area (Å²) in [5.74, 6) is 1.02. The molecule has 1 aliphatic rings. The van der Waals surface area contributed by atoms with Crippen molar-refractivity contribution in [3.05, 3.63) is 70.2 Å². The highest BCUT2D eigenvalue weighted by Gasteiger charge is 2.19. The van der Waals surface area contributed by atoms with Gasteiger partial charge in [-0.05, 0) is 43.2 Å². The molecule has 9 heteroatoms. The van der Waals surface area contributed by atoms with Crippen molar-refractivity contribution in [1.29, 1.82) is 0 Å². The number of carbonyl (C=O) groups excluding carboxylic acids is 2. The second-order valence-corrected chi connectivity index (χ2v) is 9.26. The average molecular weight is 471 g/mol. The van der Waals surface area contributed by atoms with E-state index in [1.807, 2.05) is 49.6 Å². The Labute approximate surface area is 194 Å². The number of benzene rings is 2. The summed E-state index contributed by atoms with van der Waals surface area (Å²) in [4.78, 5) is 29.4. The van der Waals surface area contributed by atoms with Gasteiger partial charge in [-0.1, -0.05) is 36.0 Å². The van der Waals surface area contributed by atoms with Crippen molar-refractivity contribution in [2.24, 2.45) is 0 Å². The molecule has 166 valence electrons. The minimum absolute atomic E-state index is 0.193. The van der Waals surface area contributed by atoms with Crippen molar-refractivity contribution in [2.45, 2.75) is 30.0 Å². The monoisotopic (exact) mass is 470 g/mol. The maximum Gasteiger partial charge on any atom is 0.338 e. The number of nitrogens with zero attached hydrogens (tertiary/aromatic N) is 1. The fraction of sp³-hybridized carbons (Fsp3) is 0.261. The predicted molar refractivity (Wildman–Crippen MR) is 122 cm³/mol. The molecule has 32 heavy (non-hydrogen) atoms. The van der Waals surface area contributed by atoms with E-state index in [2.05, 4.69) is 10.3 Å². The van der Waals surface area contributed by atoms with Gasteiger partial charge in [-0.15, -0.1) is 11.3 Å². The molecule has 0 radical (unpaired) electrons. The van der Waals surface area contributed by atoms with E-state index < -0.39 is 5.97 Å². The highest BCUT2D eigenvalue weighted by atomic mass is 32.2. The number of fused-ring (bicyclic) bond motifs is 1. The van der Waals surface area contributed by atoms with Crippen molar-refractivity contribution in [3.8, 4) is 11.5 Å². The van der Waals surface area contributed by atoms with Crippen molar-refractivity contribution in [1.82, 2.24) is 10.3 Å². The van der Waals surface area contributed by atoms with E-state index in [-0.39, 0.29) is 25.3 Å². The molecule has 7 nitrogen and oxygen atoms in total. The molecular weight excluding hydrogens is 448 g/mol. The Hall–Kier alpha value is -3.04. The van der Waals surface area contributed by atoms with Crippen molar-refractivity contribution in [2.75, 3.05) is 13.4 Å². The Morgan fingerprint density at radius 3 is 2.84 bits per heavy atom. The Morgan fingerprint density at radius 1 is 1.22 bits per heavy atom. The second-order valence-electron chi connectivity index (χ2n) is 7.18. The van der Waals surface area contributed by atoms with Crippen LogP contribution in [0.4, 0.5) is 0 Å². The molecule has 1 N–H and O–H groups in total. The second kappa shape index (κ2) is 10.1. The Morgan fingerprint density at radius 2 is 2.03 bits per heavy atom. The van der Waals surface area contributed by atoms with Crippen LogP contribution in [0, 0.1) is 6.92 Å². The van der Waals surface area contributed by atoms with Crippen LogP contribution in [0.1, 0.15) is 40.1 Å². The predicted octanol–water partition coefficient (Wildman–Crippen LogP) is 4.51. The highest BCUT2D eigenvalue weighted by molar-refractivity contribution is 8.00. The third-order valence-electron chi connectivity index (χ3n) is 4.79. The van der Waals surface area contributed by atoms with Crippen LogP contribution in [0.3, 0.4) is 0 Å². The number of thiazole rings is 1. The molecule has 1 amide bonds. The molecule has 0 bridgehead atoms. The van der Waals surface area contributed by atoms with Crippen LogP contribution in [-0.4, -0.2) is 30.3 Å². The lowest BCUT2D eigenvalue weighted by Crippen LogP contribution is -2.31. The van der Waals surface area contributed by atoms with Gasteiger partial charge >= 0.3 is 5.97 Å². The van der Waals surface area contributed by atoms with Gasteiger partial charge in [0, 0.05) is 16.8 Å². The van der Waals surface area contributed by atoms with Crippen molar-refractivity contribution >= 4 is 35.0 Å². The molecule has 3 aromatic rings. The standard InChI is InChI=1S/C23H22N2O5S2/c1-14-11-31-23(24-14)32-12-17-5-3-4-6-18(17)22(27)28-10-21(26)25-15(2)16-7-8-19-20(9-16)30-13-29-19/h3-9,11,15H,10,12-13H2,1-2H3,(H,25,26). The van der Waals surface area contributed by atoms with Gasteiger partial charge in [0.1, 0.15) is 4.34 Å². The first-order chi connectivity index (χ1) is 15.5. The maximum absolute atomic E-state index is 12.6. The number of hydrogen-bond acceptors (Lipinski definition) is 8. The summed E-state index contributed by atoms with van der Waals surface area (Å²) in [6.07, 6.45) is 0. The van der Waals surface area contributed by atoms with Crippen LogP contribution >= 0.6 is 23.1 Å². The molecule has 1 atom stereocenters. The van der Waals surface area contributed by atoms with Crippen LogP contribution in [-0.2, 0) is 15.3 Å². The minimum atomic E-state index is -0.526. The minimum Gasteiger partial charge on any atom is -0.454 e. The lowest BCUT2D eigenvalue weighted by molar-refractivity contribution is -0.124. The number of esters is 1. The summed E-state index contributed by atoms with van der Waals surface area (Å²) in [5.41, 5.74) is 3.13. The normalized spacial score (nSPS) is 12.9. The molecule has 0 saturated carbocycles. The van der Waals surface area contributed by atoms with Crippen molar-refractivity contribution in [3.63, 3.8) is 0 Å². The molecule has 1 unspecified atom stereocenters. The third kappa shape index (κ3) is 5.41. The van der Waals surface area contributed by atoms with Gasteiger partial charge in [-0.3, -0.25) is 4.79 Å². The van der Waals surface area contributed by atoms with E-state index in [1.165, 1.54) is 0 Å². The van der Waals surface area contributed by atoms with Gasteiger partial charge in [0.25, 0.3) is 5.91 Å². The maximum atomic E-state index is 12.6. The average Bonchev–Trinajstić information content (AvgIpc) is 3.44. The molecule has 1 aromatic heterocycles. The van der Waals surface area contributed by atoms with Gasteiger partial charge in [0.15, 0.2) is 18.1 Å². The van der Waals surface area contributed by atoms with Crippen LogP contribution in [0.15, 0.2) is 52.2 Å². The summed E-state index contributed by atoms with van der Waals surface area (Å²) in [5, 5.41) is 4.83. The van der Waals surface area contributed by atoms with Gasteiger partial charge < -0.3 is 19.5 Å². The lowest BCUT2D eigenvalue weighted by atomic mass is 10.1. The van der Waals surface area contributed by atoms with Crippen LogP contribution in [0.25, 0.3) is 0 Å². The largest absolute Gasteiger partial charge is 0.454 e. The fourth-order valence-corrected chi connectivity index (χ4v) is 4.99. The van der Waals surface area contributed by atoms with Gasteiger partial charge in [-0.25, -0.2) is 9.78 Å². The Kier molecular flexibility index (Phi) is 6.96. The van der Waals surface area contributed by atoms with Crippen LogP contribution in [0.2, 0.25) is 0 Å². The zero-order valence-electron chi connectivity index (χ0n) is 17.6. The van der Waals surface area contributed by atoms with E-state index >= 15 is 0 Å². The van der Waals surface area contributed by atoms with E-state index in [0.29, 0.717) is 22.8 Å². The molecular formula is C23H22N2O5S2. The molecule has 0 saturated heterocycles. The quantitative estimate of drug-likeness (QED) is 0.383. The van der Waals surface area contributed by atoms with Gasteiger partial charge in [0.05, 0.1) is 11.6 Å². The topological polar surface area (TPSA) is 86.8 Å². The number of aromatic nitrogens is 1. The molecule has 1 aliphatic heterocycles. The number of carbonyl (C=O) groups is 2. The molecule has 2 aromatic carbocycles. The number of ether oxygens (including phenoxy) is 3.